The van der Waals surface area contributed by atoms with E-state index in [9.17, 15) is 15.0 Å². The number of fused-ring (bicyclic) bond motifs is 1. The van der Waals surface area contributed by atoms with E-state index in [4.69, 9.17) is 23.2 Å². The number of rotatable bonds is 7. The molecule has 6 rings (SSSR count). The number of aromatic nitrogens is 4. The summed E-state index contributed by atoms with van der Waals surface area (Å²) in [4.78, 5) is 28.9. The van der Waals surface area contributed by atoms with Gasteiger partial charge in [-0.15, -0.1) is 0 Å². The van der Waals surface area contributed by atoms with Crippen molar-refractivity contribution in [2.75, 3.05) is 0 Å². The maximum absolute atomic E-state index is 16.7. The molecule has 1 aliphatic carbocycles. The molecule has 2 aromatic carbocycles. The summed E-state index contributed by atoms with van der Waals surface area (Å²) in [6.45, 7) is 1.74. The van der Waals surface area contributed by atoms with Crippen LogP contribution >= 0.6 is 23.2 Å². The molecule has 1 unspecified atom stereocenters. The molecule has 1 saturated carbocycles. The summed E-state index contributed by atoms with van der Waals surface area (Å²) >= 11 is 12.3. The number of aliphatic hydroxyl groups is 2. The number of aliphatic hydroxyl groups excluding tert-OH is 1. The zero-order chi connectivity index (χ0) is 29.1. The second-order valence-electron chi connectivity index (χ2n) is 10.8. The fraction of sp³-hybridized carbons (Fsp3) is 0.333. The molecule has 41 heavy (non-hydrogen) atoms. The zero-order valence-corrected chi connectivity index (χ0v) is 23.9. The van der Waals surface area contributed by atoms with Crippen molar-refractivity contribution in [1.82, 2.24) is 24.4 Å². The van der Waals surface area contributed by atoms with Gasteiger partial charge in [-0.25, -0.2) is 19.3 Å². The van der Waals surface area contributed by atoms with Crippen molar-refractivity contribution >= 4 is 29.1 Å². The Morgan fingerprint density at radius 2 is 1.78 bits per heavy atom. The van der Waals surface area contributed by atoms with E-state index in [0.29, 0.717) is 40.0 Å². The third-order valence-electron chi connectivity index (χ3n) is 8.45. The number of aryl methyl sites for hydroxylation is 1. The Hall–Kier alpha value is -3.37. The summed E-state index contributed by atoms with van der Waals surface area (Å²) in [6, 6.07) is 9.85. The first-order valence-corrected chi connectivity index (χ1v) is 14.1. The Morgan fingerprint density at radius 1 is 1.10 bits per heavy atom. The summed E-state index contributed by atoms with van der Waals surface area (Å²) in [6.07, 6.45) is 6.48. The van der Waals surface area contributed by atoms with Crippen molar-refractivity contribution in [2.24, 2.45) is 13.0 Å². The predicted octanol–water partition coefficient (Wildman–Crippen LogP) is 4.97. The number of halogens is 3. The van der Waals surface area contributed by atoms with Crippen LogP contribution in [0.3, 0.4) is 0 Å². The number of benzene rings is 2. The third-order valence-corrected chi connectivity index (χ3v) is 8.90. The van der Waals surface area contributed by atoms with Crippen LogP contribution in [0.5, 0.6) is 0 Å². The van der Waals surface area contributed by atoms with Crippen molar-refractivity contribution in [3.63, 3.8) is 0 Å². The highest BCUT2D eigenvalue weighted by atomic mass is 35.5. The lowest BCUT2D eigenvalue weighted by Gasteiger charge is -2.50. The maximum atomic E-state index is 16.7. The van der Waals surface area contributed by atoms with E-state index >= 15 is 4.39 Å². The Balaban J connectivity index is 1.60. The molecule has 1 aliphatic heterocycles. The summed E-state index contributed by atoms with van der Waals surface area (Å²) in [5, 5.41) is 23.0. The van der Waals surface area contributed by atoms with Crippen LogP contribution in [-0.2, 0) is 24.7 Å². The molecule has 4 aromatic rings. The molecule has 212 valence electrons. The molecule has 1 fully saturated rings. The van der Waals surface area contributed by atoms with E-state index < -0.39 is 29.0 Å². The molecule has 11 heteroatoms. The minimum absolute atomic E-state index is 0.0348. The van der Waals surface area contributed by atoms with Crippen molar-refractivity contribution in [3.05, 3.63) is 111 Å². The number of carbonyl (C=O) groups excluding carboxylic acids is 1. The summed E-state index contributed by atoms with van der Waals surface area (Å²) in [5.74, 6) is -1.05. The van der Waals surface area contributed by atoms with E-state index in [0.717, 1.165) is 0 Å². The summed E-state index contributed by atoms with van der Waals surface area (Å²) in [7, 11) is 1.78. The average molecular weight is 596 g/mol. The molecular formula is C30H28Cl2FN5O3. The van der Waals surface area contributed by atoms with Gasteiger partial charge in [-0.3, -0.25) is 4.79 Å². The van der Waals surface area contributed by atoms with Gasteiger partial charge >= 0.3 is 0 Å². The maximum Gasteiger partial charge on any atom is 0.255 e. The Kier molecular flexibility index (Phi) is 6.89. The van der Waals surface area contributed by atoms with Gasteiger partial charge < -0.3 is 19.7 Å². The van der Waals surface area contributed by atoms with E-state index in [1.54, 1.807) is 66.3 Å². The average Bonchev–Trinajstić information content (AvgIpc) is 3.48. The minimum Gasteiger partial charge on any atom is -0.393 e. The third kappa shape index (κ3) is 4.34. The summed E-state index contributed by atoms with van der Waals surface area (Å²) < 4.78 is 18.4. The lowest BCUT2D eigenvalue weighted by molar-refractivity contribution is -0.0371. The van der Waals surface area contributed by atoms with Crippen LogP contribution in [0.25, 0.3) is 0 Å². The van der Waals surface area contributed by atoms with Crippen LogP contribution in [-0.4, -0.2) is 46.6 Å². The molecule has 0 bridgehead atoms. The highest BCUT2D eigenvalue weighted by molar-refractivity contribution is 6.30. The Labute approximate surface area is 246 Å². The normalized spacial score (nSPS) is 23.3. The van der Waals surface area contributed by atoms with Crippen molar-refractivity contribution in [1.29, 1.82) is 0 Å². The van der Waals surface area contributed by atoms with Crippen LogP contribution in [0, 0.1) is 11.7 Å². The van der Waals surface area contributed by atoms with E-state index in [1.807, 2.05) is 0 Å². The second-order valence-corrected chi connectivity index (χ2v) is 11.7. The van der Waals surface area contributed by atoms with Gasteiger partial charge in [0.05, 0.1) is 29.7 Å². The fourth-order valence-corrected chi connectivity index (χ4v) is 6.58. The molecule has 2 aliphatic rings. The molecule has 1 amide bonds. The molecule has 0 saturated heterocycles. The first-order valence-electron chi connectivity index (χ1n) is 13.4. The van der Waals surface area contributed by atoms with Crippen molar-refractivity contribution in [3.8, 4) is 0 Å². The van der Waals surface area contributed by atoms with Gasteiger partial charge in [0.1, 0.15) is 22.8 Å². The summed E-state index contributed by atoms with van der Waals surface area (Å²) in [5.41, 5.74) is -1.35. The van der Waals surface area contributed by atoms with Crippen LogP contribution in [0.4, 0.5) is 4.39 Å². The topological polar surface area (TPSA) is 104 Å². The lowest BCUT2D eigenvalue weighted by Crippen LogP contribution is -2.55. The van der Waals surface area contributed by atoms with Crippen LogP contribution < -0.4 is 0 Å². The van der Waals surface area contributed by atoms with E-state index in [-0.39, 0.29) is 35.6 Å². The Morgan fingerprint density at radius 3 is 2.37 bits per heavy atom. The standard InChI is InChI=1S/C30H28Cl2FN5O3/c1-3-29(41,25-14-37(2)16-36-25)18-10-23-27(24(33)11-18)30(19-8-22(39)9-19,17-4-6-20(31)7-5-17)38(28(23)40)15-26-34-12-21(32)13-35-26/h4-7,10-14,16,19,22,39,41H,3,8-9,15H2,1-2H3/t19-,22+,29?,30-/m0/s1. The minimum atomic E-state index is -1.63. The molecule has 2 N–H and O–H groups in total. The van der Waals surface area contributed by atoms with Gasteiger partial charge in [0.15, 0.2) is 0 Å². The van der Waals surface area contributed by atoms with Gasteiger partial charge in [0.2, 0.25) is 0 Å². The largest absolute Gasteiger partial charge is 0.393 e. The first-order chi connectivity index (χ1) is 19.6. The highest BCUT2D eigenvalue weighted by Gasteiger charge is 2.60. The molecule has 2 aromatic heterocycles. The molecular weight excluding hydrogens is 568 g/mol. The van der Waals surface area contributed by atoms with Crippen LogP contribution in [0.1, 0.15) is 64.8 Å². The number of carbonyl (C=O) groups is 1. The van der Waals surface area contributed by atoms with E-state index in [1.165, 1.54) is 18.5 Å². The monoisotopic (exact) mass is 595 g/mol. The van der Waals surface area contributed by atoms with Gasteiger partial charge in [-0.05, 0) is 60.6 Å². The van der Waals surface area contributed by atoms with Gasteiger partial charge in [0.25, 0.3) is 5.91 Å². The molecule has 8 nitrogen and oxygen atoms in total. The zero-order valence-electron chi connectivity index (χ0n) is 22.4. The molecule has 2 atom stereocenters. The van der Waals surface area contributed by atoms with Crippen molar-refractivity contribution < 1.29 is 19.4 Å². The number of imidazole rings is 1. The van der Waals surface area contributed by atoms with E-state index in [2.05, 4.69) is 15.0 Å². The highest BCUT2D eigenvalue weighted by Crippen LogP contribution is 2.57. The predicted molar refractivity (Wildman–Crippen MR) is 151 cm³/mol. The van der Waals surface area contributed by atoms with Crippen LogP contribution in [0.15, 0.2) is 61.3 Å². The Bertz CT molecular complexity index is 1620. The number of nitrogens with zero attached hydrogens (tertiary/aromatic N) is 5. The quantitative estimate of drug-likeness (QED) is 0.312. The molecule has 0 radical (unpaired) electrons. The second kappa shape index (κ2) is 10.2. The smallest absolute Gasteiger partial charge is 0.255 e. The molecule has 3 heterocycles. The van der Waals surface area contributed by atoms with Crippen molar-refractivity contribution in [2.45, 2.75) is 50.0 Å². The first kappa shape index (κ1) is 27.8. The number of amides is 1. The lowest BCUT2D eigenvalue weighted by atomic mass is 9.62. The van der Waals surface area contributed by atoms with Gasteiger partial charge in [-0.1, -0.05) is 42.3 Å². The van der Waals surface area contributed by atoms with Gasteiger partial charge in [0, 0.05) is 41.8 Å². The van der Waals surface area contributed by atoms with Crippen LogP contribution in [0.2, 0.25) is 10.0 Å². The number of hydrogen-bond donors (Lipinski definition) is 2. The molecule has 0 spiro atoms. The number of hydrogen-bond acceptors (Lipinski definition) is 6. The fourth-order valence-electron chi connectivity index (χ4n) is 6.35. The SMILES string of the molecule is CCC(O)(c1cc(F)c2c(c1)C(=O)N(Cc1ncc(Cl)cn1)[C@@]2(c1ccc(Cl)cc1)[C@H]1C[C@@H](O)C1)c1cn(C)cn1. The van der Waals surface area contributed by atoms with Gasteiger partial charge in [-0.2, -0.15) is 0 Å².